The van der Waals surface area contributed by atoms with E-state index in [2.05, 4.69) is 4.98 Å². The molecule has 1 N–H and O–H groups in total. The van der Waals surface area contributed by atoms with Crippen LogP contribution in [0.2, 0.25) is 0 Å². The molecule has 1 aromatic heterocycles. The molecule has 0 aliphatic carbocycles. The van der Waals surface area contributed by atoms with Crippen molar-refractivity contribution in [3.05, 3.63) is 97.0 Å². The van der Waals surface area contributed by atoms with Gasteiger partial charge in [0.1, 0.15) is 5.76 Å². The number of aliphatic hydroxyl groups excluding tert-OH is 1. The van der Waals surface area contributed by atoms with Gasteiger partial charge in [-0.3, -0.25) is 34.7 Å². The number of benzene rings is 2. The lowest BCUT2D eigenvalue weighted by Crippen LogP contribution is -2.29. The summed E-state index contributed by atoms with van der Waals surface area (Å²) in [5.41, 5.74) is -0.215. The second-order valence-electron chi connectivity index (χ2n) is 6.64. The van der Waals surface area contributed by atoms with Gasteiger partial charge in [0.2, 0.25) is 0 Å². The highest BCUT2D eigenvalue weighted by molar-refractivity contribution is 7.14. The van der Waals surface area contributed by atoms with Gasteiger partial charge in [-0.05, 0) is 29.8 Å². The van der Waals surface area contributed by atoms with Crippen molar-refractivity contribution in [3.8, 4) is 0 Å². The zero-order chi connectivity index (χ0) is 23.0. The minimum absolute atomic E-state index is 0.0969. The Morgan fingerprint density at radius 1 is 0.969 bits per heavy atom. The minimum Gasteiger partial charge on any atom is -0.507 e. The van der Waals surface area contributed by atoms with E-state index in [1.807, 2.05) is 0 Å². The Balaban J connectivity index is 1.89. The van der Waals surface area contributed by atoms with Crippen LogP contribution in [0.5, 0.6) is 0 Å². The molecule has 160 valence electrons. The molecule has 1 aliphatic heterocycles. The number of nitro benzene ring substituents is 2. The molecule has 1 atom stereocenters. The Bertz CT molecular complexity index is 1270. The van der Waals surface area contributed by atoms with Gasteiger partial charge in [-0.1, -0.05) is 0 Å². The SMILES string of the molecule is O=C1C(=O)N(c2nccs2)C(c2ccc([N+](=O)[O-])cc2)/C1=C(\O)c1ccc([N+](=O)[O-])cc1. The smallest absolute Gasteiger partial charge is 0.301 e. The number of rotatable bonds is 5. The molecule has 1 fully saturated rings. The Morgan fingerprint density at radius 3 is 2.03 bits per heavy atom. The second-order valence-corrected chi connectivity index (χ2v) is 7.51. The Hall–Kier alpha value is -4.45. The summed E-state index contributed by atoms with van der Waals surface area (Å²) >= 11 is 1.10. The highest BCUT2D eigenvalue weighted by atomic mass is 32.1. The monoisotopic (exact) mass is 452 g/mol. The summed E-state index contributed by atoms with van der Waals surface area (Å²) in [6, 6.07) is 8.97. The number of thiazole rings is 1. The molecule has 11 nitrogen and oxygen atoms in total. The Kier molecular flexibility index (Phi) is 5.20. The summed E-state index contributed by atoms with van der Waals surface area (Å²) in [7, 11) is 0. The van der Waals surface area contributed by atoms with E-state index < -0.39 is 33.3 Å². The van der Waals surface area contributed by atoms with Crippen LogP contribution in [0.3, 0.4) is 0 Å². The molecule has 1 unspecified atom stereocenters. The summed E-state index contributed by atoms with van der Waals surface area (Å²) in [5.74, 6) is -2.42. The van der Waals surface area contributed by atoms with Crippen LogP contribution in [0.4, 0.5) is 16.5 Å². The lowest BCUT2D eigenvalue weighted by atomic mass is 9.95. The number of Topliss-reactive ketones (excluding diaryl/α,β-unsaturated/α-hetero) is 1. The first kappa shape index (κ1) is 20.8. The molecule has 1 amide bonds. The van der Waals surface area contributed by atoms with Crippen LogP contribution in [0.1, 0.15) is 17.2 Å². The molecule has 2 aromatic carbocycles. The fourth-order valence-corrected chi connectivity index (χ4v) is 4.02. The van der Waals surface area contributed by atoms with Crippen LogP contribution in [0.15, 0.2) is 65.7 Å². The number of hydrogen-bond donors (Lipinski definition) is 1. The van der Waals surface area contributed by atoms with Crippen LogP contribution in [0.25, 0.3) is 5.76 Å². The summed E-state index contributed by atoms with van der Waals surface area (Å²) in [6.45, 7) is 0. The molecule has 0 radical (unpaired) electrons. The molecule has 32 heavy (non-hydrogen) atoms. The number of amides is 1. The van der Waals surface area contributed by atoms with E-state index in [1.54, 1.807) is 5.38 Å². The second kappa shape index (κ2) is 8.00. The fourth-order valence-electron chi connectivity index (χ4n) is 3.35. The van der Waals surface area contributed by atoms with E-state index in [9.17, 15) is 34.9 Å². The topological polar surface area (TPSA) is 157 Å². The van der Waals surface area contributed by atoms with Crippen molar-refractivity contribution in [2.24, 2.45) is 0 Å². The number of aliphatic hydroxyl groups is 1. The third-order valence-corrected chi connectivity index (χ3v) is 5.61. The van der Waals surface area contributed by atoms with Crippen molar-refractivity contribution in [2.45, 2.75) is 6.04 Å². The number of nitro groups is 2. The molecule has 12 heteroatoms. The maximum absolute atomic E-state index is 12.9. The average Bonchev–Trinajstić information content (AvgIpc) is 3.40. The van der Waals surface area contributed by atoms with Crippen LogP contribution in [-0.2, 0) is 9.59 Å². The maximum atomic E-state index is 12.9. The summed E-state index contributed by atoms with van der Waals surface area (Å²) in [5, 5.41) is 34.6. The normalized spacial score (nSPS) is 17.5. The van der Waals surface area contributed by atoms with Crippen LogP contribution in [-0.4, -0.2) is 31.6 Å². The van der Waals surface area contributed by atoms with Gasteiger partial charge in [-0.25, -0.2) is 4.98 Å². The third kappa shape index (κ3) is 3.48. The van der Waals surface area contributed by atoms with E-state index in [4.69, 9.17) is 0 Å². The quantitative estimate of drug-likeness (QED) is 0.202. The standard InChI is InChI=1S/C20H12N4O7S/c25-17(12-3-7-14(8-4-12)24(30)31)15-16(11-1-5-13(6-2-11)23(28)29)22(19(27)18(15)26)20-21-9-10-32-20/h1-10,16,25H/b17-15+. The predicted molar refractivity (Wildman–Crippen MR) is 113 cm³/mol. The van der Waals surface area contributed by atoms with Gasteiger partial charge in [0.25, 0.3) is 17.2 Å². The summed E-state index contributed by atoms with van der Waals surface area (Å²) in [4.78, 5) is 51.7. The van der Waals surface area contributed by atoms with Gasteiger partial charge in [0.05, 0.1) is 21.5 Å². The van der Waals surface area contributed by atoms with E-state index in [-0.39, 0.29) is 27.6 Å². The predicted octanol–water partition coefficient (Wildman–Crippen LogP) is 3.59. The molecule has 0 saturated carbocycles. The van der Waals surface area contributed by atoms with Crippen LogP contribution < -0.4 is 4.90 Å². The van der Waals surface area contributed by atoms with E-state index in [0.717, 1.165) is 28.4 Å². The number of anilines is 1. The van der Waals surface area contributed by atoms with E-state index in [1.165, 1.54) is 42.6 Å². The zero-order valence-corrected chi connectivity index (χ0v) is 16.8. The summed E-state index contributed by atoms with van der Waals surface area (Å²) < 4.78 is 0. The molecular weight excluding hydrogens is 440 g/mol. The van der Waals surface area contributed by atoms with Gasteiger partial charge in [-0.15, -0.1) is 11.3 Å². The lowest BCUT2D eigenvalue weighted by Gasteiger charge is -2.22. The molecule has 1 saturated heterocycles. The van der Waals surface area contributed by atoms with Gasteiger partial charge >= 0.3 is 5.91 Å². The first-order valence-corrected chi connectivity index (χ1v) is 9.87. The number of hydrogen-bond acceptors (Lipinski definition) is 9. The Morgan fingerprint density at radius 2 is 1.53 bits per heavy atom. The molecular formula is C20H12N4O7S. The van der Waals surface area contributed by atoms with Crippen molar-refractivity contribution >= 4 is 45.3 Å². The van der Waals surface area contributed by atoms with Gasteiger partial charge in [0, 0.05) is 41.4 Å². The average molecular weight is 452 g/mol. The highest BCUT2D eigenvalue weighted by Gasteiger charge is 2.48. The molecule has 2 heterocycles. The maximum Gasteiger partial charge on any atom is 0.301 e. The number of carbonyl (C=O) groups is 2. The number of ketones is 1. The van der Waals surface area contributed by atoms with Crippen LogP contribution in [0, 0.1) is 20.2 Å². The van der Waals surface area contributed by atoms with Gasteiger partial charge < -0.3 is 5.11 Å². The zero-order valence-electron chi connectivity index (χ0n) is 15.9. The van der Waals surface area contributed by atoms with Gasteiger partial charge in [-0.2, -0.15) is 0 Å². The molecule has 3 aromatic rings. The van der Waals surface area contributed by atoms with Crippen molar-refractivity contribution in [1.29, 1.82) is 0 Å². The number of non-ortho nitro benzene ring substituents is 2. The lowest BCUT2D eigenvalue weighted by molar-refractivity contribution is -0.385. The molecule has 4 rings (SSSR count). The molecule has 1 aliphatic rings. The van der Waals surface area contributed by atoms with E-state index in [0.29, 0.717) is 5.56 Å². The number of aromatic nitrogens is 1. The summed E-state index contributed by atoms with van der Waals surface area (Å²) in [6.07, 6.45) is 1.45. The number of carbonyl (C=O) groups excluding carboxylic acids is 2. The third-order valence-electron chi connectivity index (χ3n) is 4.84. The van der Waals surface area contributed by atoms with Crippen molar-refractivity contribution in [2.75, 3.05) is 4.90 Å². The Labute approximate surface area is 183 Å². The van der Waals surface area contributed by atoms with Crippen molar-refractivity contribution < 1.29 is 24.5 Å². The van der Waals surface area contributed by atoms with Gasteiger partial charge in [0.15, 0.2) is 5.13 Å². The van der Waals surface area contributed by atoms with E-state index >= 15 is 0 Å². The largest absolute Gasteiger partial charge is 0.507 e. The van der Waals surface area contributed by atoms with Crippen LogP contribution >= 0.6 is 11.3 Å². The van der Waals surface area contributed by atoms with Crippen molar-refractivity contribution in [3.63, 3.8) is 0 Å². The fraction of sp³-hybridized carbons (Fsp3) is 0.0500. The molecule has 0 bridgehead atoms. The minimum atomic E-state index is -1.10. The first-order valence-electron chi connectivity index (χ1n) is 8.99. The first-order chi connectivity index (χ1) is 15.3. The highest BCUT2D eigenvalue weighted by Crippen LogP contribution is 2.43. The number of nitrogens with zero attached hydrogens (tertiary/aromatic N) is 4. The van der Waals surface area contributed by atoms with Crippen molar-refractivity contribution in [1.82, 2.24) is 4.98 Å². The molecule has 0 spiro atoms.